The molecule has 0 saturated carbocycles. The van der Waals surface area contributed by atoms with Crippen LogP contribution in [0.25, 0.3) is 0 Å². The van der Waals surface area contributed by atoms with E-state index in [-0.39, 0.29) is 6.10 Å². The Morgan fingerprint density at radius 1 is 1.15 bits per heavy atom. The van der Waals surface area contributed by atoms with Crippen LogP contribution in [0.15, 0.2) is 48.5 Å². The molecule has 2 aromatic rings. The number of hydrogen-bond donors (Lipinski definition) is 1. The van der Waals surface area contributed by atoms with Gasteiger partial charge >= 0.3 is 0 Å². The van der Waals surface area contributed by atoms with Crippen LogP contribution in [-0.2, 0) is 0 Å². The van der Waals surface area contributed by atoms with E-state index >= 15 is 0 Å². The summed E-state index contributed by atoms with van der Waals surface area (Å²) < 4.78 is 11.0. The molecule has 1 unspecified atom stereocenters. The van der Waals surface area contributed by atoms with E-state index in [1.807, 2.05) is 30.3 Å². The van der Waals surface area contributed by atoms with Gasteiger partial charge < -0.3 is 15.2 Å². The predicted octanol–water partition coefficient (Wildman–Crippen LogP) is 2.65. The fourth-order valence-corrected chi connectivity index (χ4v) is 1.91. The molecule has 0 heterocycles. The Morgan fingerprint density at radius 3 is 2.45 bits per heavy atom. The molecule has 0 amide bonds. The zero-order chi connectivity index (χ0) is 14.4. The highest BCUT2D eigenvalue weighted by Crippen LogP contribution is 2.26. The lowest BCUT2D eigenvalue weighted by atomic mass is 10.1. The molecule has 0 spiro atoms. The molecule has 2 N–H and O–H groups in total. The van der Waals surface area contributed by atoms with E-state index in [4.69, 9.17) is 20.5 Å². The summed E-state index contributed by atoms with van der Waals surface area (Å²) in [6.45, 7) is 0.350. The summed E-state index contributed by atoms with van der Waals surface area (Å²) >= 11 is 0. The molecular formula is C16H16N2O2. The van der Waals surface area contributed by atoms with E-state index in [1.54, 1.807) is 25.3 Å². The fraction of sp³-hybridized carbons (Fsp3) is 0.188. The number of hydrogen-bond acceptors (Lipinski definition) is 4. The summed E-state index contributed by atoms with van der Waals surface area (Å²) in [6, 6.07) is 16.9. The molecular weight excluding hydrogens is 252 g/mol. The fourth-order valence-electron chi connectivity index (χ4n) is 1.91. The zero-order valence-electron chi connectivity index (χ0n) is 11.2. The summed E-state index contributed by atoms with van der Waals surface area (Å²) in [5.74, 6) is 1.16. The van der Waals surface area contributed by atoms with Crippen LogP contribution in [0.4, 0.5) is 0 Å². The van der Waals surface area contributed by atoms with Crippen LogP contribution in [0.3, 0.4) is 0 Å². The number of methoxy groups -OCH3 is 1. The smallest absolute Gasteiger partial charge is 0.136 e. The average Bonchev–Trinajstić information content (AvgIpc) is 2.53. The van der Waals surface area contributed by atoms with Gasteiger partial charge in [-0.05, 0) is 17.7 Å². The monoisotopic (exact) mass is 268 g/mol. The second-order valence-electron chi connectivity index (χ2n) is 4.26. The van der Waals surface area contributed by atoms with Gasteiger partial charge in [0.1, 0.15) is 17.6 Å². The van der Waals surface area contributed by atoms with Crippen molar-refractivity contribution in [3.63, 3.8) is 0 Å². The molecule has 20 heavy (non-hydrogen) atoms. The molecule has 0 aliphatic rings. The van der Waals surface area contributed by atoms with Gasteiger partial charge in [-0.15, -0.1) is 0 Å². The quantitative estimate of drug-likeness (QED) is 0.905. The minimum absolute atomic E-state index is 0.255. The molecule has 102 valence electrons. The van der Waals surface area contributed by atoms with Crippen LogP contribution in [0.2, 0.25) is 0 Å². The number of benzene rings is 2. The minimum atomic E-state index is -0.255. The van der Waals surface area contributed by atoms with Crippen molar-refractivity contribution in [1.82, 2.24) is 0 Å². The molecule has 0 aliphatic heterocycles. The summed E-state index contributed by atoms with van der Waals surface area (Å²) in [6.07, 6.45) is -0.255. The molecule has 0 aromatic heterocycles. The topological polar surface area (TPSA) is 68.3 Å². The normalized spacial score (nSPS) is 11.4. The van der Waals surface area contributed by atoms with Crippen molar-refractivity contribution >= 4 is 0 Å². The van der Waals surface area contributed by atoms with Crippen molar-refractivity contribution in [3.05, 3.63) is 59.7 Å². The van der Waals surface area contributed by atoms with Gasteiger partial charge in [-0.25, -0.2) is 0 Å². The number of nitrogens with zero attached hydrogens (tertiary/aromatic N) is 1. The molecule has 0 fully saturated rings. The second-order valence-corrected chi connectivity index (χ2v) is 4.26. The Morgan fingerprint density at radius 2 is 1.85 bits per heavy atom. The van der Waals surface area contributed by atoms with E-state index in [2.05, 4.69) is 6.07 Å². The van der Waals surface area contributed by atoms with Crippen molar-refractivity contribution < 1.29 is 9.47 Å². The van der Waals surface area contributed by atoms with E-state index in [0.29, 0.717) is 23.6 Å². The highest BCUT2D eigenvalue weighted by atomic mass is 16.5. The van der Waals surface area contributed by atoms with Crippen LogP contribution in [-0.4, -0.2) is 13.7 Å². The zero-order valence-corrected chi connectivity index (χ0v) is 11.2. The summed E-state index contributed by atoms with van der Waals surface area (Å²) in [7, 11) is 1.55. The van der Waals surface area contributed by atoms with Crippen molar-refractivity contribution in [3.8, 4) is 17.6 Å². The third-order valence-electron chi connectivity index (χ3n) is 2.91. The molecule has 4 heteroatoms. The van der Waals surface area contributed by atoms with Crippen molar-refractivity contribution in [2.75, 3.05) is 13.7 Å². The van der Waals surface area contributed by atoms with E-state index in [0.717, 1.165) is 5.56 Å². The largest absolute Gasteiger partial charge is 0.497 e. The van der Waals surface area contributed by atoms with Gasteiger partial charge in [0, 0.05) is 12.6 Å². The van der Waals surface area contributed by atoms with Crippen LogP contribution in [0.1, 0.15) is 17.2 Å². The maximum atomic E-state index is 9.00. The van der Waals surface area contributed by atoms with Gasteiger partial charge in [-0.1, -0.05) is 30.3 Å². The van der Waals surface area contributed by atoms with E-state index in [9.17, 15) is 0 Å². The number of nitriles is 1. The summed E-state index contributed by atoms with van der Waals surface area (Å²) in [4.78, 5) is 0. The number of rotatable bonds is 5. The Labute approximate surface area is 118 Å². The summed E-state index contributed by atoms with van der Waals surface area (Å²) in [5.41, 5.74) is 7.26. The van der Waals surface area contributed by atoms with E-state index in [1.165, 1.54) is 0 Å². The van der Waals surface area contributed by atoms with E-state index < -0.39 is 0 Å². The van der Waals surface area contributed by atoms with Gasteiger partial charge in [0.05, 0.1) is 18.7 Å². The first-order valence-corrected chi connectivity index (χ1v) is 6.27. The third-order valence-corrected chi connectivity index (χ3v) is 2.91. The van der Waals surface area contributed by atoms with Gasteiger partial charge in [-0.3, -0.25) is 0 Å². The molecule has 0 saturated heterocycles. The van der Waals surface area contributed by atoms with Gasteiger partial charge in [0.15, 0.2) is 0 Å². The van der Waals surface area contributed by atoms with Crippen LogP contribution in [0.5, 0.6) is 11.5 Å². The van der Waals surface area contributed by atoms with Gasteiger partial charge in [0.25, 0.3) is 0 Å². The standard InChI is InChI=1S/C16H16N2O2/c1-19-14-7-12(10-17)8-15(9-14)20-16(11-18)13-5-3-2-4-6-13/h2-9,16H,11,18H2,1H3. The first-order chi connectivity index (χ1) is 9.76. The molecule has 2 rings (SSSR count). The molecule has 1 atom stereocenters. The first kappa shape index (κ1) is 13.9. The highest BCUT2D eigenvalue weighted by molar-refractivity contribution is 5.44. The predicted molar refractivity (Wildman–Crippen MR) is 76.6 cm³/mol. The van der Waals surface area contributed by atoms with Crippen molar-refractivity contribution in [2.45, 2.75) is 6.10 Å². The maximum absolute atomic E-state index is 9.00. The van der Waals surface area contributed by atoms with Gasteiger partial charge in [0.2, 0.25) is 0 Å². The number of ether oxygens (including phenoxy) is 2. The minimum Gasteiger partial charge on any atom is -0.497 e. The molecule has 2 aromatic carbocycles. The lowest BCUT2D eigenvalue weighted by molar-refractivity contribution is 0.213. The first-order valence-electron chi connectivity index (χ1n) is 6.27. The molecule has 0 bridgehead atoms. The lowest BCUT2D eigenvalue weighted by Crippen LogP contribution is -2.18. The Balaban J connectivity index is 2.26. The SMILES string of the molecule is COc1cc(C#N)cc(OC(CN)c2ccccc2)c1. The Kier molecular flexibility index (Phi) is 4.59. The number of nitrogens with two attached hydrogens (primary N) is 1. The van der Waals surface area contributed by atoms with Crippen molar-refractivity contribution in [1.29, 1.82) is 5.26 Å². The second kappa shape index (κ2) is 6.60. The Hall–Kier alpha value is -2.51. The van der Waals surface area contributed by atoms with Crippen LogP contribution < -0.4 is 15.2 Å². The average molecular weight is 268 g/mol. The van der Waals surface area contributed by atoms with Crippen LogP contribution in [0, 0.1) is 11.3 Å². The molecule has 0 aliphatic carbocycles. The van der Waals surface area contributed by atoms with Gasteiger partial charge in [-0.2, -0.15) is 5.26 Å². The molecule has 0 radical (unpaired) electrons. The van der Waals surface area contributed by atoms with Crippen LogP contribution >= 0.6 is 0 Å². The maximum Gasteiger partial charge on any atom is 0.136 e. The molecule has 4 nitrogen and oxygen atoms in total. The highest BCUT2D eigenvalue weighted by Gasteiger charge is 2.12. The Bertz CT molecular complexity index is 606. The summed E-state index contributed by atoms with van der Waals surface area (Å²) in [5, 5.41) is 9.00. The third kappa shape index (κ3) is 3.28. The lowest BCUT2D eigenvalue weighted by Gasteiger charge is -2.18. The van der Waals surface area contributed by atoms with Crippen molar-refractivity contribution in [2.24, 2.45) is 5.73 Å².